The Hall–Kier alpha value is -1.52. The van der Waals surface area contributed by atoms with Gasteiger partial charge in [-0.05, 0) is 58.4 Å². The number of ether oxygens (including phenoxy) is 1. The lowest BCUT2D eigenvalue weighted by Crippen LogP contribution is -2.42. The van der Waals surface area contributed by atoms with Gasteiger partial charge in [-0.25, -0.2) is 0 Å². The minimum Gasteiger partial charge on any atom is -0.490 e. The Labute approximate surface area is 126 Å². The highest BCUT2D eigenvalue weighted by Crippen LogP contribution is 2.28. The monoisotopic (exact) mass is 290 g/mol. The summed E-state index contributed by atoms with van der Waals surface area (Å²) >= 11 is 0. The van der Waals surface area contributed by atoms with Crippen LogP contribution < -0.4 is 10.1 Å². The average Bonchev–Trinajstić information content (AvgIpc) is 2.72. The summed E-state index contributed by atoms with van der Waals surface area (Å²) in [4.78, 5) is 3.32. The van der Waals surface area contributed by atoms with Crippen LogP contribution in [0.1, 0.15) is 32.0 Å². The van der Waals surface area contributed by atoms with Gasteiger partial charge in [-0.2, -0.15) is 0 Å². The van der Waals surface area contributed by atoms with Gasteiger partial charge < -0.3 is 20.1 Å². The Bertz CT molecular complexity index is 611. The first-order valence-corrected chi connectivity index (χ1v) is 7.40. The Morgan fingerprint density at radius 1 is 1.24 bits per heavy atom. The van der Waals surface area contributed by atoms with Gasteiger partial charge >= 0.3 is 0 Å². The first-order chi connectivity index (χ1) is 9.74. The SMILES string of the molecule is Cc1cc(OCC(O)CNC(C)(C)C)c2cc(C)[nH]c2c1. The van der Waals surface area contributed by atoms with E-state index < -0.39 is 6.10 Å². The molecule has 0 amide bonds. The molecule has 4 nitrogen and oxygen atoms in total. The first kappa shape index (κ1) is 15.9. The van der Waals surface area contributed by atoms with Gasteiger partial charge in [-0.15, -0.1) is 0 Å². The van der Waals surface area contributed by atoms with Gasteiger partial charge in [0.15, 0.2) is 0 Å². The lowest BCUT2D eigenvalue weighted by atomic mass is 10.1. The summed E-state index contributed by atoms with van der Waals surface area (Å²) in [5.74, 6) is 0.823. The zero-order chi connectivity index (χ0) is 15.6. The zero-order valence-corrected chi connectivity index (χ0v) is 13.6. The minimum absolute atomic E-state index is 0.00463. The maximum Gasteiger partial charge on any atom is 0.129 e. The number of nitrogens with one attached hydrogen (secondary N) is 2. The summed E-state index contributed by atoms with van der Waals surface area (Å²) in [6.45, 7) is 11.1. The van der Waals surface area contributed by atoms with Crippen molar-refractivity contribution in [2.24, 2.45) is 0 Å². The molecule has 0 aliphatic rings. The molecule has 116 valence electrons. The lowest BCUT2D eigenvalue weighted by Gasteiger charge is -2.23. The Morgan fingerprint density at radius 2 is 1.95 bits per heavy atom. The molecule has 0 saturated heterocycles. The number of aryl methyl sites for hydroxylation is 2. The fraction of sp³-hybridized carbons (Fsp3) is 0.529. The van der Waals surface area contributed by atoms with Crippen LogP contribution in [0.15, 0.2) is 18.2 Å². The summed E-state index contributed by atoms with van der Waals surface area (Å²) in [6, 6.07) is 6.19. The topological polar surface area (TPSA) is 57.3 Å². The maximum atomic E-state index is 10.0. The number of aliphatic hydroxyl groups is 1. The van der Waals surface area contributed by atoms with E-state index in [1.54, 1.807) is 0 Å². The molecule has 1 unspecified atom stereocenters. The molecule has 0 radical (unpaired) electrons. The molecule has 2 rings (SSSR count). The van der Waals surface area contributed by atoms with Crippen molar-refractivity contribution in [3.05, 3.63) is 29.5 Å². The summed E-state index contributed by atoms with van der Waals surface area (Å²) in [5.41, 5.74) is 3.32. The van der Waals surface area contributed by atoms with E-state index in [9.17, 15) is 5.11 Å². The van der Waals surface area contributed by atoms with Gasteiger partial charge in [-0.3, -0.25) is 0 Å². The van der Waals surface area contributed by atoms with Gasteiger partial charge in [-0.1, -0.05) is 0 Å². The van der Waals surface area contributed by atoms with E-state index in [0.717, 1.165) is 27.9 Å². The highest BCUT2D eigenvalue weighted by atomic mass is 16.5. The highest BCUT2D eigenvalue weighted by molar-refractivity contribution is 5.87. The predicted molar refractivity (Wildman–Crippen MR) is 87.0 cm³/mol. The molecule has 1 heterocycles. The lowest BCUT2D eigenvalue weighted by molar-refractivity contribution is 0.101. The van der Waals surface area contributed by atoms with Crippen molar-refractivity contribution >= 4 is 10.9 Å². The third-order valence-corrected chi connectivity index (χ3v) is 3.28. The molecule has 0 spiro atoms. The van der Waals surface area contributed by atoms with Crippen LogP contribution in [0.3, 0.4) is 0 Å². The van der Waals surface area contributed by atoms with E-state index in [1.165, 1.54) is 0 Å². The van der Waals surface area contributed by atoms with Crippen LogP contribution in [0.2, 0.25) is 0 Å². The van der Waals surface area contributed by atoms with Gasteiger partial charge in [0.2, 0.25) is 0 Å². The Balaban J connectivity index is 2.03. The van der Waals surface area contributed by atoms with Crippen molar-refractivity contribution in [1.29, 1.82) is 0 Å². The number of aromatic amines is 1. The molecule has 1 atom stereocenters. The van der Waals surface area contributed by atoms with Crippen molar-refractivity contribution in [2.45, 2.75) is 46.3 Å². The minimum atomic E-state index is -0.528. The number of rotatable bonds is 5. The van der Waals surface area contributed by atoms with Crippen molar-refractivity contribution in [1.82, 2.24) is 10.3 Å². The number of H-pyrrole nitrogens is 1. The molecular formula is C17H26N2O2. The number of benzene rings is 1. The summed E-state index contributed by atoms with van der Waals surface area (Å²) in [6.07, 6.45) is -0.528. The van der Waals surface area contributed by atoms with Crippen LogP contribution in [0, 0.1) is 13.8 Å². The van der Waals surface area contributed by atoms with Gasteiger partial charge in [0.05, 0.1) is 0 Å². The Morgan fingerprint density at radius 3 is 2.62 bits per heavy atom. The second-order valence-electron chi connectivity index (χ2n) is 6.77. The number of hydrogen-bond acceptors (Lipinski definition) is 3. The van der Waals surface area contributed by atoms with Gasteiger partial charge in [0.25, 0.3) is 0 Å². The molecule has 1 aromatic heterocycles. The molecule has 1 aromatic carbocycles. The summed E-state index contributed by atoms with van der Waals surface area (Å²) in [5, 5.41) is 14.4. The number of β-amino-alcohol motifs (C(OH)–C–C–N with tert-alkyl or cyclic N) is 1. The van der Waals surface area contributed by atoms with Gasteiger partial charge in [0.1, 0.15) is 18.5 Å². The molecule has 3 N–H and O–H groups in total. The number of fused-ring (bicyclic) bond motifs is 1. The van der Waals surface area contributed by atoms with E-state index in [4.69, 9.17) is 4.74 Å². The number of aromatic nitrogens is 1. The maximum absolute atomic E-state index is 10.0. The average molecular weight is 290 g/mol. The zero-order valence-electron chi connectivity index (χ0n) is 13.6. The molecule has 0 aliphatic carbocycles. The smallest absolute Gasteiger partial charge is 0.129 e. The van der Waals surface area contributed by atoms with E-state index >= 15 is 0 Å². The molecule has 2 aromatic rings. The standard InChI is InChI=1S/C17H26N2O2/c1-11-6-15-14(8-12(2)19-15)16(7-11)21-10-13(20)9-18-17(3,4)5/h6-8,13,18-20H,9-10H2,1-5H3. The van der Waals surface area contributed by atoms with Crippen LogP contribution in [-0.4, -0.2) is 34.9 Å². The van der Waals surface area contributed by atoms with E-state index in [2.05, 4.69) is 43.2 Å². The fourth-order valence-electron chi connectivity index (χ4n) is 2.27. The van der Waals surface area contributed by atoms with Crippen molar-refractivity contribution in [3.63, 3.8) is 0 Å². The Kier molecular flexibility index (Phi) is 4.59. The molecular weight excluding hydrogens is 264 g/mol. The highest BCUT2D eigenvalue weighted by Gasteiger charge is 2.13. The van der Waals surface area contributed by atoms with Crippen LogP contribution in [0.25, 0.3) is 10.9 Å². The second-order valence-corrected chi connectivity index (χ2v) is 6.77. The summed E-state index contributed by atoms with van der Waals surface area (Å²) < 4.78 is 5.83. The fourth-order valence-corrected chi connectivity index (χ4v) is 2.27. The number of aliphatic hydroxyl groups excluding tert-OH is 1. The van der Waals surface area contributed by atoms with Crippen molar-refractivity contribution in [3.8, 4) is 5.75 Å². The molecule has 0 aliphatic heterocycles. The van der Waals surface area contributed by atoms with Crippen molar-refractivity contribution in [2.75, 3.05) is 13.2 Å². The first-order valence-electron chi connectivity index (χ1n) is 7.40. The molecule has 4 heteroatoms. The molecule has 21 heavy (non-hydrogen) atoms. The number of hydrogen-bond donors (Lipinski definition) is 3. The largest absolute Gasteiger partial charge is 0.490 e. The van der Waals surface area contributed by atoms with Crippen LogP contribution >= 0.6 is 0 Å². The molecule has 0 fully saturated rings. The van der Waals surface area contributed by atoms with Crippen LogP contribution in [0.5, 0.6) is 5.75 Å². The summed E-state index contributed by atoms with van der Waals surface area (Å²) in [7, 11) is 0. The van der Waals surface area contributed by atoms with Crippen LogP contribution in [-0.2, 0) is 0 Å². The second kappa shape index (κ2) is 6.08. The van der Waals surface area contributed by atoms with E-state index in [1.807, 2.05) is 19.9 Å². The van der Waals surface area contributed by atoms with E-state index in [0.29, 0.717) is 6.54 Å². The van der Waals surface area contributed by atoms with Crippen molar-refractivity contribution < 1.29 is 9.84 Å². The third kappa shape index (κ3) is 4.48. The van der Waals surface area contributed by atoms with E-state index in [-0.39, 0.29) is 12.1 Å². The van der Waals surface area contributed by atoms with Crippen LogP contribution in [0.4, 0.5) is 0 Å². The molecule has 0 bridgehead atoms. The quantitative estimate of drug-likeness (QED) is 0.793. The molecule has 0 saturated carbocycles. The normalized spacial score (nSPS) is 13.6. The van der Waals surface area contributed by atoms with Gasteiger partial charge in [0, 0.05) is 28.7 Å². The third-order valence-electron chi connectivity index (χ3n) is 3.28. The predicted octanol–water partition coefficient (Wildman–Crippen LogP) is 2.91.